The summed E-state index contributed by atoms with van der Waals surface area (Å²) in [6.07, 6.45) is 3.44. The molecule has 0 N–H and O–H groups in total. The zero-order chi connectivity index (χ0) is 21.6. The maximum Gasteiger partial charge on any atom is 0.337 e. The number of imide groups is 2. The summed E-state index contributed by atoms with van der Waals surface area (Å²) in [6.45, 7) is 4.49. The van der Waals surface area contributed by atoms with Crippen LogP contribution in [0.5, 0.6) is 0 Å². The van der Waals surface area contributed by atoms with Crippen molar-refractivity contribution >= 4 is 32.2 Å². The lowest BCUT2D eigenvalue weighted by Gasteiger charge is -2.28. The Morgan fingerprint density at radius 3 is 1.45 bits per heavy atom. The van der Waals surface area contributed by atoms with Gasteiger partial charge >= 0.3 is 8.56 Å². The lowest BCUT2D eigenvalue weighted by Crippen LogP contribution is -2.40. The highest BCUT2D eigenvalue weighted by Crippen LogP contribution is 2.31. The van der Waals surface area contributed by atoms with Crippen LogP contribution in [0, 0.1) is 11.8 Å². The summed E-state index contributed by atoms with van der Waals surface area (Å²) in [7, 11) is 0.874. The molecule has 29 heavy (non-hydrogen) atoms. The first-order valence-electron chi connectivity index (χ1n) is 10.6. The molecule has 2 unspecified atom stereocenters. The molecule has 0 saturated carbocycles. The largest absolute Gasteiger partial charge is 0.398 e. The second kappa shape index (κ2) is 10.4. The van der Waals surface area contributed by atoms with Crippen molar-refractivity contribution in [3.8, 4) is 0 Å². The van der Waals surface area contributed by atoms with Crippen molar-refractivity contribution in [3.05, 3.63) is 0 Å². The average Bonchev–Trinajstić information content (AvgIpc) is 3.14. The van der Waals surface area contributed by atoms with Crippen LogP contribution in [0.3, 0.4) is 0 Å². The summed E-state index contributed by atoms with van der Waals surface area (Å²) >= 11 is 0. The van der Waals surface area contributed by atoms with Gasteiger partial charge in [-0.1, -0.05) is 12.8 Å². The summed E-state index contributed by atoms with van der Waals surface area (Å²) in [5.41, 5.74) is 0. The third kappa shape index (κ3) is 5.32. The number of nitrogens with zero attached hydrogens (tertiary/aromatic N) is 2. The molecule has 0 aromatic rings. The normalized spacial score (nSPS) is 23.0. The Labute approximate surface area is 174 Å². The zero-order valence-electron chi connectivity index (χ0n) is 18.1. The predicted octanol–water partition coefficient (Wildman–Crippen LogP) is 2.07. The molecule has 2 aliphatic rings. The van der Waals surface area contributed by atoms with Crippen LogP contribution in [-0.2, 0) is 28.0 Å². The molecular formula is C20H34N2O6Si. The first-order valence-corrected chi connectivity index (χ1v) is 12.8. The van der Waals surface area contributed by atoms with Gasteiger partial charge in [0.15, 0.2) is 0 Å². The third-order valence-corrected chi connectivity index (χ3v) is 9.99. The van der Waals surface area contributed by atoms with Gasteiger partial charge in [-0.15, -0.1) is 0 Å². The number of amides is 4. The smallest absolute Gasteiger partial charge is 0.337 e. The maximum absolute atomic E-state index is 12.3. The van der Waals surface area contributed by atoms with Crippen LogP contribution in [0.15, 0.2) is 0 Å². The Hall–Kier alpha value is -1.58. The minimum atomic E-state index is -2.44. The second-order valence-electron chi connectivity index (χ2n) is 7.86. The van der Waals surface area contributed by atoms with Gasteiger partial charge in [0, 0.05) is 52.0 Å². The van der Waals surface area contributed by atoms with E-state index in [2.05, 4.69) is 0 Å². The molecule has 0 aromatic heterocycles. The van der Waals surface area contributed by atoms with Crippen molar-refractivity contribution in [2.45, 2.75) is 64.5 Å². The summed E-state index contributed by atoms with van der Waals surface area (Å²) in [6, 6.07) is 1.48. The van der Waals surface area contributed by atoms with Crippen molar-refractivity contribution in [2.24, 2.45) is 11.8 Å². The van der Waals surface area contributed by atoms with Crippen LogP contribution in [0.2, 0.25) is 12.1 Å². The number of hydrogen-bond donors (Lipinski definition) is 0. The lowest BCUT2D eigenvalue weighted by atomic mass is 10.0. The van der Waals surface area contributed by atoms with Crippen LogP contribution >= 0.6 is 0 Å². The first kappa shape index (κ1) is 23.7. The first-order chi connectivity index (χ1) is 13.8. The molecule has 9 heteroatoms. The SMILES string of the molecule is CCN1C(=O)CC(CCC[Si](CCCC2CC(=O)N(CC)C2=O)(OC)OC)C1=O. The van der Waals surface area contributed by atoms with E-state index >= 15 is 0 Å². The fraction of sp³-hybridized carbons (Fsp3) is 0.800. The molecule has 2 saturated heterocycles. The Morgan fingerprint density at radius 2 is 1.17 bits per heavy atom. The van der Waals surface area contributed by atoms with E-state index in [0.29, 0.717) is 38.8 Å². The van der Waals surface area contributed by atoms with E-state index in [4.69, 9.17) is 8.85 Å². The zero-order valence-corrected chi connectivity index (χ0v) is 19.1. The lowest BCUT2D eigenvalue weighted by molar-refractivity contribution is -0.140. The van der Waals surface area contributed by atoms with Crippen molar-refractivity contribution in [2.75, 3.05) is 27.3 Å². The Bertz CT molecular complexity index is 586. The van der Waals surface area contributed by atoms with Crippen molar-refractivity contribution in [1.29, 1.82) is 0 Å². The fourth-order valence-electron chi connectivity index (χ4n) is 4.47. The molecular weight excluding hydrogens is 392 g/mol. The quantitative estimate of drug-likeness (QED) is 0.350. The molecule has 0 bridgehead atoms. The molecule has 2 fully saturated rings. The molecule has 0 spiro atoms. The monoisotopic (exact) mass is 426 g/mol. The molecule has 4 amide bonds. The van der Waals surface area contributed by atoms with Gasteiger partial charge in [-0.25, -0.2) is 0 Å². The Balaban J connectivity index is 1.82. The van der Waals surface area contributed by atoms with Crippen LogP contribution in [0.1, 0.15) is 52.4 Å². The molecule has 0 aromatic carbocycles. The second-order valence-corrected chi connectivity index (χ2v) is 11.5. The number of rotatable bonds is 12. The van der Waals surface area contributed by atoms with Gasteiger partial charge in [0.2, 0.25) is 23.6 Å². The minimum Gasteiger partial charge on any atom is -0.398 e. The molecule has 8 nitrogen and oxygen atoms in total. The Morgan fingerprint density at radius 1 is 0.793 bits per heavy atom. The standard InChI is InChI=1S/C20H34N2O6Si/c1-5-21-17(23)13-15(19(21)25)9-7-11-29(27-3,28-4)12-8-10-16-14-18(24)22(6-2)20(16)26/h15-16H,5-14H2,1-4H3. The highest BCUT2D eigenvalue weighted by molar-refractivity contribution is 6.67. The topological polar surface area (TPSA) is 93.2 Å². The summed E-state index contributed by atoms with van der Waals surface area (Å²) in [5, 5.41) is 0. The minimum absolute atomic E-state index is 0.0653. The molecule has 0 aliphatic carbocycles. The molecule has 2 heterocycles. The van der Waals surface area contributed by atoms with Crippen LogP contribution in [0.4, 0.5) is 0 Å². The van der Waals surface area contributed by atoms with E-state index in [1.54, 1.807) is 14.2 Å². The van der Waals surface area contributed by atoms with Crippen LogP contribution < -0.4 is 0 Å². The number of carbonyl (C=O) groups is 4. The fourth-order valence-corrected chi connectivity index (χ4v) is 7.19. The number of carbonyl (C=O) groups excluding carboxylic acids is 4. The van der Waals surface area contributed by atoms with E-state index < -0.39 is 8.56 Å². The van der Waals surface area contributed by atoms with Crippen molar-refractivity contribution < 1.29 is 28.0 Å². The predicted molar refractivity (Wildman–Crippen MR) is 109 cm³/mol. The van der Waals surface area contributed by atoms with E-state index in [9.17, 15) is 19.2 Å². The van der Waals surface area contributed by atoms with Crippen molar-refractivity contribution in [3.63, 3.8) is 0 Å². The summed E-state index contributed by atoms with van der Waals surface area (Å²) in [4.78, 5) is 50.9. The van der Waals surface area contributed by atoms with Crippen molar-refractivity contribution in [1.82, 2.24) is 9.80 Å². The highest BCUT2D eigenvalue weighted by atomic mass is 28.4. The van der Waals surface area contributed by atoms with E-state index in [1.165, 1.54) is 9.80 Å². The van der Waals surface area contributed by atoms with Gasteiger partial charge in [0.05, 0.1) is 0 Å². The van der Waals surface area contributed by atoms with E-state index in [0.717, 1.165) is 24.9 Å². The van der Waals surface area contributed by atoms with Crippen LogP contribution in [-0.4, -0.2) is 69.3 Å². The van der Waals surface area contributed by atoms with Gasteiger partial charge < -0.3 is 8.85 Å². The van der Waals surface area contributed by atoms with E-state index in [1.807, 2.05) is 13.8 Å². The summed E-state index contributed by atoms with van der Waals surface area (Å²) < 4.78 is 11.6. The average molecular weight is 427 g/mol. The van der Waals surface area contributed by atoms with E-state index in [-0.39, 0.29) is 35.5 Å². The number of likely N-dealkylation sites (tertiary alicyclic amines) is 2. The molecule has 2 atom stereocenters. The molecule has 2 aliphatic heterocycles. The molecule has 2 rings (SSSR count). The molecule has 0 radical (unpaired) electrons. The van der Waals surface area contributed by atoms with Gasteiger partial charge in [-0.3, -0.25) is 29.0 Å². The van der Waals surface area contributed by atoms with Gasteiger partial charge in [0.25, 0.3) is 0 Å². The number of hydrogen-bond acceptors (Lipinski definition) is 6. The highest BCUT2D eigenvalue weighted by Gasteiger charge is 2.41. The molecule has 164 valence electrons. The van der Waals surface area contributed by atoms with Gasteiger partial charge in [0.1, 0.15) is 0 Å². The Kier molecular flexibility index (Phi) is 8.54. The van der Waals surface area contributed by atoms with Gasteiger partial charge in [-0.2, -0.15) is 0 Å². The third-order valence-electron chi connectivity index (χ3n) is 6.27. The van der Waals surface area contributed by atoms with Crippen LogP contribution in [0.25, 0.3) is 0 Å². The van der Waals surface area contributed by atoms with Gasteiger partial charge in [-0.05, 0) is 38.8 Å². The maximum atomic E-state index is 12.3. The summed E-state index contributed by atoms with van der Waals surface area (Å²) in [5.74, 6) is -0.758.